The first-order valence-electron chi connectivity index (χ1n) is 7.07. The average Bonchev–Trinajstić information content (AvgIpc) is 2.29. The van der Waals surface area contributed by atoms with E-state index in [1.165, 1.54) is 44.9 Å². The van der Waals surface area contributed by atoms with Crippen LogP contribution in [0.5, 0.6) is 0 Å². The van der Waals surface area contributed by atoms with Gasteiger partial charge in [-0.15, -0.1) is 0 Å². The zero-order valence-electron chi connectivity index (χ0n) is 11.0. The van der Waals surface area contributed by atoms with Crippen LogP contribution in [-0.2, 0) is 4.79 Å². The minimum absolute atomic E-state index is 0.102. The summed E-state index contributed by atoms with van der Waals surface area (Å²) in [7, 11) is 0. The van der Waals surface area contributed by atoms with E-state index >= 15 is 0 Å². The van der Waals surface area contributed by atoms with Gasteiger partial charge in [0.2, 0.25) is 0 Å². The minimum Gasteiger partial charge on any atom is -0.481 e. The Kier molecular flexibility index (Phi) is 6.56. The van der Waals surface area contributed by atoms with Crippen molar-refractivity contribution in [1.82, 2.24) is 0 Å². The Morgan fingerprint density at radius 2 is 2.00 bits per heavy atom. The van der Waals surface area contributed by atoms with Gasteiger partial charge in [-0.2, -0.15) is 0 Å². The molecule has 3 nitrogen and oxygen atoms in total. The van der Waals surface area contributed by atoms with Gasteiger partial charge in [0.25, 0.3) is 0 Å². The van der Waals surface area contributed by atoms with E-state index in [-0.39, 0.29) is 12.5 Å². The molecule has 0 saturated heterocycles. The predicted octanol–water partition coefficient (Wildman–Crippen LogP) is 3.18. The van der Waals surface area contributed by atoms with Gasteiger partial charge in [0.1, 0.15) is 0 Å². The van der Waals surface area contributed by atoms with Crippen LogP contribution in [0.25, 0.3) is 0 Å². The number of hydrogen-bond acceptors (Lipinski definition) is 2. The lowest BCUT2D eigenvalue weighted by molar-refractivity contribution is -0.137. The summed E-state index contributed by atoms with van der Waals surface area (Å²) >= 11 is 0. The maximum Gasteiger partial charge on any atom is 0.304 e. The Morgan fingerprint density at radius 1 is 1.35 bits per heavy atom. The van der Waals surface area contributed by atoms with Gasteiger partial charge in [-0.05, 0) is 18.3 Å². The number of carboxylic acid groups (broad SMARTS) is 1. The number of carbonyl (C=O) groups is 1. The zero-order valence-corrected chi connectivity index (χ0v) is 11.0. The molecule has 0 aromatic rings. The molecule has 0 aromatic carbocycles. The summed E-state index contributed by atoms with van der Waals surface area (Å²) in [5.41, 5.74) is 5.86. The highest BCUT2D eigenvalue weighted by Gasteiger charge is 2.17. The third kappa shape index (κ3) is 6.06. The SMILES string of the molecule is C[C@H](CCCC1CCCCC1)[C@H](N)CC(=O)O. The van der Waals surface area contributed by atoms with Gasteiger partial charge in [0.05, 0.1) is 6.42 Å². The van der Waals surface area contributed by atoms with Crippen molar-refractivity contribution < 1.29 is 9.90 Å². The maximum absolute atomic E-state index is 10.6. The summed E-state index contributed by atoms with van der Waals surface area (Å²) in [6, 6.07) is -0.182. The Morgan fingerprint density at radius 3 is 2.59 bits per heavy atom. The first-order valence-corrected chi connectivity index (χ1v) is 7.07. The molecule has 1 rings (SSSR count). The van der Waals surface area contributed by atoms with Crippen LogP contribution in [0.4, 0.5) is 0 Å². The highest BCUT2D eigenvalue weighted by Crippen LogP contribution is 2.28. The molecular weight excluding hydrogens is 214 g/mol. The van der Waals surface area contributed by atoms with Gasteiger partial charge >= 0.3 is 5.97 Å². The molecule has 0 amide bonds. The van der Waals surface area contributed by atoms with Crippen molar-refractivity contribution in [3.8, 4) is 0 Å². The molecule has 1 fully saturated rings. The van der Waals surface area contributed by atoms with Crippen molar-refractivity contribution in [3.63, 3.8) is 0 Å². The average molecular weight is 241 g/mol. The molecule has 0 heterocycles. The lowest BCUT2D eigenvalue weighted by Crippen LogP contribution is -2.30. The smallest absolute Gasteiger partial charge is 0.304 e. The summed E-state index contributed by atoms with van der Waals surface area (Å²) in [6.07, 6.45) is 10.7. The van der Waals surface area contributed by atoms with Crippen LogP contribution >= 0.6 is 0 Å². The monoisotopic (exact) mass is 241 g/mol. The summed E-state index contributed by atoms with van der Waals surface area (Å²) < 4.78 is 0. The fourth-order valence-electron chi connectivity index (χ4n) is 2.82. The van der Waals surface area contributed by atoms with Crippen molar-refractivity contribution >= 4 is 5.97 Å². The van der Waals surface area contributed by atoms with E-state index in [0.29, 0.717) is 5.92 Å². The topological polar surface area (TPSA) is 63.3 Å². The lowest BCUT2D eigenvalue weighted by atomic mass is 9.84. The van der Waals surface area contributed by atoms with E-state index in [9.17, 15) is 4.79 Å². The number of nitrogens with two attached hydrogens (primary N) is 1. The molecule has 0 radical (unpaired) electrons. The van der Waals surface area contributed by atoms with Crippen molar-refractivity contribution in [2.24, 2.45) is 17.6 Å². The fraction of sp³-hybridized carbons (Fsp3) is 0.929. The van der Waals surface area contributed by atoms with Crippen molar-refractivity contribution in [2.75, 3.05) is 0 Å². The molecule has 1 aliphatic rings. The van der Waals surface area contributed by atoms with E-state index < -0.39 is 5.97 Å². The van der Waals surface area contributed by atoms with Crippen LogP contribution in [0.1, 0.15) is 64.7 Å². The number of rotatable bonds is 7. The second-order valence-electron chi connectivity index (χ2n) is 5.67. The molecule has 2 atom stereocenters. The van der Waals surface area contributed by atoms with Gasteiger partial charge in [-0.25, -0.2) is 0 Å². The Bertz CT molecular complexity index is 224. The molecule has 0 aromatic heterocycles. The molecule has 1 aliphatic carbocycles. The molecule has 1 saturated carbocycles. The second-order valence-corrected chi connectivity index (χ2v) is 5.67. The largest absolute Gasteiger partial charge is 0.481 e. The van der Waals surface area contributed by atoms with E-state index in [1.807, 2.05) is 0 Å². The van der Waals surface area contributed by atoms with E-state index in [2.05, 4.69) is 6.92 Å². The Balaban J connectivity index is 2.10. The predicted molar refractivity (Wildman–Crippen MR) is 69.8 cm³/mol. The first-order chi connectivity index (χ1) is 8.09. The number of carboxylic acids is 1. The summed E-state index contributed by atoms with van der Waals surface area (Å²) in [6.45, 7) is 2.08. The van der Waals surface area contributed by atoms with Crippen molar-refractivity contribution in [3.05, 3.63) is 0 Å². The van der Waals surface area contributed by atoms with E-state index in [0.717, 1.165) is 12.3 Å². The molecule has 0 aliphatic heterocycles. The summed E-state index contributed by atoms with van der Waals surface area (Å²) in [5, 5.41) is 8.68. The first kappa shape index (κ1) is 14.5. The van der Waals surface area contributed by atoms with Gasteiger partial charge in [-0.1, -0.05) is 51.9 Å². The van der Waals surface area contributed by atoms with Gasteiger partial charge < -0.3 is 10.8 Å². The van der Waals surface area contributed by atoms with Gasteiger partial charge in [0.15, 0.2) is 0 Å². The highest BCUT2D eigenvalue weighted by molar-refractivity contribution is 5.67. The third-order valence-electron chi connectivity index (χ3n) is 4.14. The van der Waals surface area contributed by atoms with Crippen LogP contribution in [0.3, 0.4) is 0 Å². The minimum atomic E-state index is -0.781. The van der Waals surface area contributed by atoms with Crippen molar-refractivity contribution in [2.45, 2.75) is 70.8 Å². The van der Waals surface area contributed by atoms with Gasteiger partial charge in [0, 0.05) is 6.04 Å². The molecule has 3 heteroatoms. The quantitative estimate of drug-likeness (QED) is 0.719. The second kappa shape index (κ2) is 7.70. The van der Waals surface area contributed by atoms with Crippen LogP contribution in [0.15, 0.2) is 0 Å². The van der Waals surface area contributed by atoms with E-state index in [4.69, 9.17) is 10.8 Å². The Labute approximate surface area is 105 Å². The fourth-order valence-corrected chi connectivity index (χ4v) is 2.82. The molecular formula is C14H27NO2. The molecule has 17 heavy (non-hydrogen) atoms. The summed E-state index contributed by atoms with van der Waals surface area (Å²) in [5.74, 6) is 0.470. The maximum atomic E-state index is 10.6. The van der Waals surface area contributed by atoms with Crippen LogP contribution in [-0.4, -0.2) is 17.1 Å². The zero-order chi connectivity index (χ0) is 12.7. The standard InChI is InChI=1S/C14H27NO2/c1-11(13(15)10-14(16)17)6-5-9-12-7-3-2-4-8-12/h11-13H,2-10,15H2,1H3,(H,16,17)/t11-,13-/m1/s1. The summed E-state index contributed by atoms with van der Waals surface area (Å²) in [4.78, 5) is 10.6. The molecule has 0 spiro atoms. The molecule has 100 valence electrons. The number of aliphatic carboxylic acids is 1. The highest BCUT2D eigenvalue weighted by atomic mass is 16.4. The Hall–Kier alpha value is -0.570. The number of hydrogen-bond donors (Lipinski definition) is 2. The van der Waals surface area contributed by atoms with Gasteiger partial charge in [-0.3, -0.25) is 4.79 Å². The molecule has 3 N–H and O–H groups in total. The lowest BCUT2D eigenvalue weighted by Gasteiger charge is -2.23. The normalized spacial score (nSPS) is 21.1. The van der Waals surface area contributed by atoms with Crippen LogP contribution < -0.4 is 5.73 Å². The van der Waals surface area contributed by atoms with Crippen LogP contribution in [0.2, 0.25) is 0 Å². The van der Waals surface area contributed by atoms with Crippen molar-refractivity contribution in [1.29, 1.82) is 0 Å². The molecule has 0 bridgehead atoms. The molecule has 0 unspecified atom stereocenters. The van der Waals surface area contributed by atoms with Crippen LogP contribution in [0, 0.1) is 11.8 Å². The third-order valence-corrected chi connectivity index (χ3v) is 4.14. The van der Waals surface area contributed by atoms with E-state index in [1.54, 1.807) is 0 Å².